The van der Waals surface area contributed by atoms with E-state index < -0.39 is 0 Å². The molecule has 1 aliphatic rings. The number of hydrogen-bond acceptors (Lipinski definition) is 0. The highest BCUT2D eigenvalue weighted by molar-refractivity contribution is 5.43. The SMILES string of the molecule is CCCCC(CCC)c1ccccc1C#C[C@H]1CC[C@H](c2ccc(CCC)cc2)CC1. The van der Waals surface area contributed by atoms with Crippen molar-refractivity contribution in [2.24, 2.45) is 5.92 Å². The molecule has 1 fully saturated rings. The third-order valence-corrected chi connectivity index (χ3v) is 7.07. The predicted octanol–water partition coefficient (Wildman–Crippen LogP) is 9.04. The molecule has 0 nitrogen and oxygen atoms in total. The molecule has 166 valence electrons. The Bertz CT molecular complexity index is 824. The second kappa shape index (κ2) is 12.8. The van der Waals surface area contributed by atoms with E-state index >= 15 is 0 Å². The van der Waals surface area contributed by atoms with Gasteiger partial charge in [0.05, 0.1) is 0 Å². The molecule has 0 heterocycles. The molecule has 0 amide bonds. The Balaban J connectivity index is 1.62. The van der Waals surface area contributed by atoms with Gasteiger partial charge in [0.15, 0.2) is 0 Å². The first-order chi connectivity index (χ1) is 15.2. The fraction of sp³-hybridized carbons (Fsp3) is 0.548. The molecule has 0 saturated heterocycles. The van der Waals surface area contributed by atoms with Crippen LogP contribution >= 0.6 is 0 Å². The van der Waals surface area contributed by atoms with Gasteiger partial charge in [0.25, 0.3) is 0 Å². The first-order valence-corrected chi connectivity index (χ1v) is 12.9. The van der Waals surface area contributed by atoms with E-state index in [1.54, 1.807) is 0 Å². The zero-order valence-corrected chi connectivity index (χ0v) is 20.1. The van der Waals surface area contributed by atoms with Crippen LogP contribution in [0.25, 0.3) is 0 Å². The van der Waals surface area contributed by atoms with Crippen LogP contribution in [0.2, 0.25) is 0 Å². The Labute approximate surface area is 191 Å². The largest absolute Gasteiger partial charge is 0.0945 e. The van der Waals surface area contributed by atoms with Crippen molar-refractivity contribution in [1.29, 1.82) is 0 Å². The number of hydrogen-bond donors (Lipinski definition) is 0. The van der Waals surface area contributed by atoms with Gasteiger partial charge in [-0.15, -0.1) is 0 Å². The van der Waals surface area contributed by atoms with Gasteiger partial charge >= 0.3 is 0 Å². The van der Waals surface area contributed by atoms with Crippen LogP contribution < -0.4 is 0 Å². The highest BCUT2D eigenvalue weighted by atomic mass is 14.3. The zero-order valence-electron chi connectivity index (χ0n) is 20.1. The molecule has 0 aliphatic heterocycles. The molecule has 0 aromatic heterocycles. The number of unbranched alkanes of at least 4 members (excludes halogenated alkanes) is 1. The topological polar surface area (TPSA) is 0 Å². The summed E-state index contributed by atoms with van der Waals surface area (Å²) in [7, 11) is 0. The van der Waals surface area contributed by atoms with Crippen LogP contribution in [0.5, 0.6) is 0 Å². The molecular weight excluding hydrogens is 372 g/mol. The average molecular weight is 415 g/mol. The summed E-state index contributed by atoms with van der Waals surface area (Å²) in [6.07, 6.45) is 13.9. The van der Waals surface area contributed by atoms with Crippen LogP contribution in [0.15, 0.2) is 48.5 Å². The van der Waals surface area contributed by atoms with Crippen LogP contribution in [0, 0.1) is 17.8 Å². The van der Waals surface area contributed by atoms with Crippen LogP contribution in [0.4, 0.5) is 0 Å². The van der Waals surface area contributed by atoms with Crippen molar-refractivity contribution in [3.63, 3.8) is 0 Å². The smallest absolute Gasteiger partial charge is 0.0280 e. The van der Waals surface area contributed by atoms with E-state index in [1.807, 2.05) is 0 Å². The van der Waals surface area contributed by atoms with Gasteiger partial charge in [-0.25, -0.2) is 0 Å². The van der Waals surface area contributed by atoms with Gasteiger partial charge in [0.1, 0.15) is 0 Å². The second-order valence-electron chi connectivity index (χ2n) is 9.52. The molecule has 0 N–H and O–H groups in total. The van der Waals surface area contributed by atoms with Gasteiger partial charge in [0.2, 0.25) is 0 Å². The summed E-state index contributed by atoms with van der Waals surface area (Å²) in [6, 6.07) is 18.4. The zero-order chi connectivity index (χ0) is 21.9. The fourth-order valence-electron chi connectivity index (χ4n) is 5.22. The van der Waals surface area contributed by atoms with Crippen molar-refractivity contribution < 1.29 is 0 Å². The normalized spacial score (nSPS) is 19.5. The van der Waals surface area contributed by atoms with E-state index in [9.17, 15) is 0 Å². The Hall–Kier alpha value is -2.00. The van der Waals surface area contributed by atoms with Gasteiger partial charge < -0.3 is 0 Å². The number of rotatable bonds is 9. The summed E-state index contributed by atoms with van der Waals surface area (Å²) in [5.74, 6) is 9.26. The third-order valence-electron chi connectivity index (χ3n) is 7.07. The van der Waals surface area contributed by atoms with Gasteiger partial charge in [0, 0.05) is 11.5 Å². The lowest BCUT2D eigenvalue weighted by atomic mass is 9.78. The lowest BCUT2D eigenvalue weighted by Crippen LogP contribution is -2.12. The van der Waals surface area contributed by atoms with Crippen LogP contribution in [0.1, 0.15) is 119 Å². The predicted molar refractivity (Wildman–Crippen MR) is 136 cm³/mol. The molecule has 1 atom stereocenters. The minimum Gasteiger partial charge on any atom is -0.0945 e. The molecule has 0 radical (unpaired) electrons. The van der Waals surface area contributed by atoms with E-state index in [1.165, 1.54) is 92.9 Å². The van der Waals surface area contributed by atoms with E-state index in [2.05, 4.69) is 81.1 Å². The summed E-state index contributed by atoms with van der Waals surface area (Å²) in [5.41, 5.74) is 5.79. The van der Waals surface area contributed by atoms with Crippen molar-refractivity contribution in [3.8, 4) is 11.8 Å². The summed E-state index contributed by atoms with van der Waals surface area (Å²) >= 11 is 0. The minimum absolute atomic E-state index is 0.559. The Morgan fingerprint density at radius 3 is 2.23 bits per heavy atom. The molecule has 0 bridgehead atoms. The first kappa shape index (κ1) is 23.7. The summed E-state index contributed by atoms with van der Waals surface area (Å²) in [6.45, 7) is 6.86. The van der Waals surface area contributed by atoms with E-state index in [0.717, 1.165) is 5.92 Å². The third kappa shape index (κ3) is 7.00. The molecule has 31 heavy (non-hydrogen) atoms. The average Bonchev–Trinajstić information content (AvgIpc) is 2.82. The molecule has 1 aliphatic carbocycles. The standard InChI is InChI=1S/C31H42/c1-4-7-12-29(11-6-3)31-14-9-8-13-30(31)24-19-26-17-22-28(23-18-26)27-20-15-25(10-5-2)16-21-27/h8-9,13-16,20-21,26,28-29H,4-7,10-12,17-18,22-23H2,1-3H3/t26-,28-,29?. The van der Waals surface area contributed by atoms with Gasteiger partial charge in [-0.05, 0) is 79.5 Å². The Kier molecular flexibility index (Phi) is 9.74. The quantitative estimate of drug-likeness (QED) is 0.359. The van der Waals surface area contributed by atoms with Crippen molar-refractivity contribution in [1.82, 2.24) is 0 Å². The molecule has 3 rings (SSSR count). The lowest BCUT2D eigenvalue weighted by molar-refractivity contribution is 0.384. The monoisotopic (exact) mass is 414 g/mol. The summed E-state index contributed by atoms with van der Waals surface area (Å²) < 4.78 is 0. The van der Waals surface area contributed by atoms with Gasteiger partial charge in [-0.3, -0.25) is 0 Å². The van der Waals surface area contributed by atoms with E-state index in [0.29, 0.717) is 11.8 Å². The molecule has 1 unspecified atom stereocenters. The van der Waals surface area contributed by atoms with Crippen LogP contribution in [0.3, 0.4) is 0 Å². The molecule has 1 saturated carbocycles. The van der Waals surface area contributed by atoms with Crippen LogP contribution in [-0.4, -0.2) is 0 Å². The Morgan fingerprint density at radius 1 is 0.806 bits per heavy atom. The fourth-order valence-corrected chi connectivity index (χ4v) is 5.22. The van der Waals surface area contributed by atoms with E-state index in [-0.39, 0.29) is 0 Å². The Morgan fingerprint density at radius 2 is 1.55 bits per heavy atom. The molecule has 0 heteroatoms. The molecule has 0 spiro atoms. The number of benzene rings is 2. The van der Waals surface area contributed by atoms with Crippen LogP contribution in [-0.2, 0) is 6.42 Å². The summed E-state index contributed by atoms with van der Waals surface area (Å²) in [5, 5.41) is 0. The highest BCUT2D eigenvalue weighted by Crippen LogP contribution is 2.36. The summed E-state index contributed by atoms with van der Waals surface area (Å²) in [4.78, 5) is 0. The molecule has 2 aromatic rings. The highest BCUT2D eigenvalue weighted by Gasteiger charge is 2.21. The minimum atomic E-state index is 0.559. The van der Waals surface area contributed by atoms with E-state index in [4.69, 9.17) is 0 Å². The van der Waals surface area contributed by atoms with Gasteiger partial charge in [-0.1, -0.05) is 101 Å². The van der Waals surface area contributed by atoms with Crippen molar-refractivity contribution in [2.75, 3.05) is 0 Å². The number of aryl methyl sites for hydroxylation is 1. The second-order valence-corrected chi connectivity index (χ2v) is 9.52. The van der Waals surface area contributed by atoms with Crippen molar-refractivity contribution in [2.45, 2.75) is 103 Å². The van der Waals surface area contributed by atoms with Crippen molar-refractivity contribution >= 4 is 0 Å². The molecule has 2 aromatic carbocycles. The maximum Gasteiger partial charge on any atom is 0.0280 e. The first-order valence-electron chi connectivity index (χ1n) is 12.9. The molecular formula is C31H42. The maximum absolute atomic E-state index is 3.68. The maximum atomic E-state index is 3.68. The lowest BCUT2D eigenvalue weighted by Gasteiger charge is -2.26. The van der Waals surface area contributed by atoms with Crippen molar-refractivity contribution in [3.05, 3.63) is 70.8 Å². The van der Waals surface area contributed by atoms with Gasteiger partial charge in [-0.2, -0.15) is 0 Å².